The van der Waals surface area contributed by atoms with Crippen molar-refractivity contribution < 1.29 is 28.9 Å². The van der Waals surface area contributed by atoms with Crippen molar-refractivity contribution in [1.29, 1.82) is 0 Å². The summed E-state index contributed by atoms with van der Waals surface area (Å²) < 4.78 is 17.6. The number of aliphatic hydroxyl groups excluding tert-OH is 1. The molecule has 0 bridgehead atoms. The molecule has 0 saturated carbocycles. The maximum absolute atomic E-state index is 14.0. The van der Waals surface area contributed by atoms with E-state index in [1.807, 2.05) is 0 Å². The van der Waals surface area contributed by atoms with Gasteiger partial charge in [0, 0.05) is 47.2 Å². The van der Waals surface area contributed by atoms with Crippen LogP contribution in [0.25, 0.3) is 0 Å². The molecule has 1 heterocycles. The van der Waals surface area contributed by atoms with E-state index in [0.717, 1.165) is 19.3 Å². The van der Waals surface area contributed by atoms with Gasteiger partial charge < -0.3 is 19.3 Å². The fraction of sp³-hybridized carbons (Fsp3) is 0.516. The lowest BCUT2D eigenvalue weighted by Crippen LogP contribution is -2.53. The van der Waals surface area contributed by atoms with Crippen molar-refractivity contribution in [1.82, 2.24) is 10.9 Å². The number of unbranched alkanes of at least 4 members (excludes halogenated alkanes) is 2. The fourth-order valence-corrected chi connectivity index (χ4v) is 4.97. The quantitative estimate of drug-likeness (QED) is 0.128. The number of amides is 1. The first-order valence-corrected chi connectivity index (χ1v) is 15.1. The molecule has 3 rings (SSSR count). The Morgan fingerprint density at radius 3 is 2.48 bits per heavy atom. The van der Waals surface area contributed by atoms with Crippen LogP contribution in [0.1, 0.15) is 83.5 Å². The molecule has 2 aromatic carbocycles. The molecule has 0 fully saturated rings. The van der Waals surface area contributed by atoms with E-state index in [1.54, 1.807) is 63.2 Å². The standard InChI is InChI=1S/C31H41Cl2N3O6/c1-5-6-7-17-34-36-29(39)31(16-15-26(38)42-30(2,3)4)27(24-14-11-22(32)20-25(24)33)41-28(35-31)21-9-12-23(13-10-21)40-19-8-18-37/h9-14,20,27,34,37H,5-8,15-19H2,1-4H3,(H,36,39)/t27-,31-/m0/s1. The molecule has 42 heavy (non-hydrogen) atoms. The number of halogens is 2. The van der Waals surface area contributed by atoms with E-state index in [9.17, 15) is 9.59 Å². The Morgan fingerprint density at radius 1 is 1.10 bits per heavy atom. The lowest BCUT2D eigenvalue weighted by atomic mass is 9.83. The number of carbonyl (C=O) groups excluding carboxylic acids is 2. The van der Waals surface area contributed by atoms with Crippen LogP contribution in [0.4, 0.5) is 0 Å². The topological polar surface area (TPSA) is 118 Å². The summed E-state index contributed by atoms with van der Waals surface area (Å²) in [7, 11) is 0. The summed E-state index contributed by atoms with van der Waals surface area (Å²) in [6.07, 6.45) is 2.41. The van der Waals surface area contributed by atoms with Gasteiger partial charge in [0.15, 0.2) is 11.6 Å². The molecule has 2 aromatic rings. The van der Waals surface area contributed by atoms with E-state index in [-0.39, 0.29) is 25.3 Å². The van der Waals surface area contributed by atoms with Crippen molar-refractivity contribution in [3.05, 3.63) is 63.6 Å². The molecular weight excluding hydrogens is 581 g/mol. The van der Waals surface area contributed by atoms with E-state index < -0.39 is 29.1 Å². The molecule has 9 nitrogen and oxygen atoms in total. The molecule has 1 aliphatic rings. The highest BCUT2D eigenvalue weighted by Crippen LogP contribution is 2.45. The summed E-state index contributed by atoms with van der Waals surface area (Å²) in [6, 6.07) is 12.0. The van der Waals surface area contributed by atoms with Gasteiger partial charge in [-0.05, 0) is 70.0 Å². The van der Waals surface area contributed by atoms with Crippen LogP contribution in [0.2, 0.25) is 10.0 Å². The summed E-state index contributed by atoms with van der Waals surface area (Å²) in [5.74, 6) is -0.0800. The maximum Gasteiger partial charge on any atom is 0.306 e. The number of benzene rings is 2. The lowest BCUT2D eigenvalue weighted by Gasteiger charge is -2.31. The molecule has 0 aliphatic carbocycles. The zero-order valence-corrected chi connectivity index (χ0v) is 26.2. The van der Waals surface area contributed by atoms with Crippen LogP contribution in [0.3, 0.4) is 0 Å². The number of nitrogens with zero attached hydrogens (tertiary/aromatic N) is 1. The first-order chi connectivity index (χ1) is 20.0. The number of ether oxygens (including phenoxy) is 3. The molecule has 3 N–H and O–H groups in total. The number of aliphatic imine (C=N–C) groups is 1. The molecule has 1 aliphatic heterocycles. The normalized spacial score (nSPS) is 18.3. The third kappa shape index (κ3) is 9.33. The molecule has 0 unspecified atom stereocenters. The second kappa shape index (κ2) is 15.6. The summed E-state index contributed by atoms with van der Waals surface area (Å²) in [4.78, 5) is 31.7. The van der Waals surface area contributed by atoms with E-state index in [1.165, 1.54) is 0 Å². The number of nitrogens with one attached hydrogen (secondary N) is 2. The minimum Gasteiger partial charge on any atom is -0.494 e. The number of carbonyl (C=O) groups is 2. The molecule has 1 amide bonds. The Bertz CT molecular complexity index is 1230. The van der Waals surface area contributed by atoms with Gasteiger partial charge in [-0.1, -0.05) is 49.0 Å². The van der Waals surface area contributed by atoms with Crippen molar-refractivity contribution in [3.8, 4) is 5.75 Å². The number of aliphatic hydroxyl groups is 1. The van der Waals surface area contributed by atoms with Crippen molar-refractivity contribution >= 4 is 41.0 Å². The number of rotatable bonds is 15. The van der Waals surface area contributed by atoms with Gasteiger partial charge in [0.1, 0.15) is 11.4 Å². The SMILES string of the molecule is CCCCCNNC(=O)[C@@]1(CCC(=O)OC(C)(C)C)N=C(c2ccc(OCCCO)cc2)O[C@H]1c1ccc(Cl)cc1Cl. The van der Waals surface area contributed by atoms with E-state index in [0.29, 0.717) is 46.5 Å². The van der Waals surface area contributed by atoms with Gasteiger partial charge in [-0.25, -0.2) is 10.4 Å². The highest BCUT2D eigenvalue weighted by atomic mass is 35.5. The third-order valence-electron chi connectivity index (χ3n) is 6.51. The monoisotopic (exact) mass is 621 g/mol. The third-order valence-corrected chi connectivity index (χ3v) is 7.07. The van der Waals surface area contributed by atoms with Gasteiger partial charge in [-0.2, -0.15) is 0 Å². The first-order valence-electron chi connectivity index (χ1n) is 14.3. The predicted molar refractivity (Wildman–Crippen MR) is 164 cm³/mol. The van der Waals surface area contributed by atoms with Crippen molar-refractivity contribution in [3.63, 3.8) is 0 Å². The van der Waals surface area contributed by atoms with Crippen LogP contribution in [0.5, 0.6) is 5.75 Å². The lowest BCUT2D eigenvalue weighted by molar-refractivity contribution is -0.155. The molecule has 230 valence electrons. The Kier molecular flexibility index (Phi) is 12.5. The van der Waals surface area contributed by atoms with Crippen molar-refractivity contribution in [2.45, 2.75) is 83.5 Å². The predicted octanol–water partition coefficient (Wildman–Crippen LogP) is 5.94. The average Bonchev–Trinajstić information content (AvgIpc) is 3.32. The zero-order valence-electron chi connectivity index (χ0n) is 24.7. The molecular formula is C31H41Cl2N3O6. The average molecular weight is 623 g/mol. The molecule has 0 spiro atoms. The Morgan fingerprint density at radius 2 is 1.83 bits per heavy atom. The van der Waals surface area contributed by atoms with Crippen LogP contribution in [-0.4, -0.2) is 53.8 Å². The van der Waals surface area contributed by atoms with Gasteiger partial charge in [0.25, 0.3) is 5.91 Å². The fourth-order valence-electron chi connectivity index (χ4n) is 4.46. The molecule has 0 aromatic heterocycles. The van der Waals surface area contributed by atoms with Crippen LogP contribution >= 0.6 is 23.2 Å². The van der Waals surface area contributed by atoms with E-state index in [2.05, 4.69) is 17.8 Å². The first kappa shape index (κ1) is 33.6. The van der Waals surface area contributed by atoms with Crippen molar-refractivity contribution in [2.75, 3.05) is 19.8 Å². The summed E-state index contributed by atoms with van der Waals surface area (Å²) in [5.41, 5.74) is 4.68. The smallest absolute Gasteiger partial charge is 0.306 e. The second-order valence-corrected chi connectivity index (χ2v) is 12.0. The van der Waals surface area contributed by atoms with Crippen molar-refractivity contribution in [2.24, 2.45) is 4.99 Å². The number of esters is 1. The number of hydrogen-bond donors (Lipinski definition) is 3. The minimum atomic E-state index is -1.56. The number of hydrazine groups is 1. The van der Waals surface area contributed by atoms with Gasteiger partial charge in [0.2, 0.25) is 5.90 Å². The van der Waals surface area contributed by atoms with Gasteiger partial charge in [-0.15, -0.1) is 0 Å². The van der Waals surface area contributed by atoms with Crippen LogP contribution in [0.15, 0.2) is 47.5 Å². The van der Waals surface area contributed by atoms with Gasteiger partial charge in [0.05, 0.1) is 6.61 Å². The van der Waals surface area contributed by atoms with Crippen LogP contribution in [-0.2, 0) is 19.1 Å². The maximum atomic E-state index is 14.0. The largest absolute Gasteiger partial charge is 0.494 e. The second-order valence-electron chi connectivity index (χ2n) is 11.1. The molecule has 2 atom stereocenters. The highest BCUT2D eigenvalue weighted by Gasteiger charge is 2.54. The van der Waals surface area contributed by atoms with Gasteiger partial charge in [-0.3, -0.25) is 15.0 Å². The molecule has 0 radical (unpaired) electrons. The summed E-state index contributed by atoms with van der Waals surface area (Å²) >= 11 is 12.8. The van der Waals surface area contributed by atoms with Crippen LogP contribution in [0, 0.1) is 0 Å². The Hall–Kier alpha value is -2.85. The highest BCUT2D eigenvalue weighted by molar-refractivity contribution is 6.35. The Labute approximate surface area is 257 Å². The van der Waals surface area contributed by atoms with E-state index in [4.69, 9.17) is 47.5 Å². The number of hydrogen-bond acceptors (Lipinski definition) is 8. The van der Waals surface area contributed by atoms with Gasteiger partial charge >= 0.3 is 5.97 Å². The molecule has 0 saturated heterocycles. The van der Waals surface area contributed by atoms with E-state index >= 15 is 0 Å². The molecule has 11 heteroatoms. The zero-order chi connectivity index (χ0) is 30.8. The summed E-state index contributed by atoms with van der Waals surface area (Å²) in [6.45, 7) is 8.46. The van der Waals surface area contributed by atoms with Crippen LogP contribution < -0.4 is 15.6 Å². The summed E-state index contributed by atoms with van der Waals surface area (Å²) in [5, 5.41) is 9.75. The Balaban J connectivity index is 2.01. The minimum absolute atomic E-state index is 0.000136.